The van der Waals surface area contributed by atoms with Gasteiger partial charge in [0.1, 0.15) is 5.02 Å². The highest BCUT2D eigenvalue weighted by Gasteiger charge is 2.12. The molecule has 5 nitrogen and oxygen atoms in total. The summed E-state index contributed by atoms with van der Waals surface area (Å²) < 4.78 is 19.0. The fourth-order valence-corrected chi connectivity index (χ4v) is 1.61. The second kappa shape index (κ2) is 6.51. The number of anilines is 1. The molecule has 0 aliphatic carbocycles. The molecule has 0 atom stereocenters. The van der Waals surface area contributed by atoms with Gasteiger partial charge < -0.3 is 10.1 Å². The van der Waals surface area contributed by atoms with E-state index in [1.807, 2.05) is 0 Å². The summed E-state index contributed by atoms with van der Waals surface area (Å²) in [4.78, 5) is 18.6. The van der Waals surface area contributed by atoms with Crippen LogP contribution in [-0.2, 0) is 4.79 Å². The predicted molar refractivity (Wildman–Crippen MR) is 77.4 cm³/mol. The Bertz CT molecular complexity index is 710. The first-order chi connectivity index (χ1) is 9.99. The maximum absolute atomic E-state index is 13.7. The fourth-order valence-electron chi connectivity index (χ4n) is 1.36. The molecule has 1 aromatic carbocycles. The Morgan fingerprint density at radius 1 is 1.43 bits per heavy atom. The van der Waals surface area contributed by atoms with Gasteiger partial charge in [-0.2, -0.15) is 4.98 Å². The molecule has 2 aromatic rings. The van der Waals surface area contributed by atoms with Gasteiger partial charge in [-0.1, -0.05) is 18.2 Å². The summed E-state index contributed by atoms with van der Waals surface area (Å²) in [5, 5.41) is 2.45. The van der Waals surface area contributed by atoms with E-state index in [1.165, 1.54) is 18.3 Å². The highest BCUT2D eigenvalue weighted by molar-refractivity contribution is 6.32. The number of aromatic nitrogens is 2. The molecule has 0 saturated heterocycles. The van der Waals surface area contributed by atoms with Crippen LogP contribution in [0.4, 0.5) is 10.1 Å². The SMILES string of the molecule is C=CC(=O)Nc1ccc(F)c(Oc2nc(Cl)ncc2Cl)c1. The average Bonchev–Trinajstić information content (AvgIpc) is 2.46. The van der Waals surface area contributed by atoms with Crippen molar-refractivity contribution in [2.24, 2.45) is 0 Å². The molecule has 0 fully saturated rings. The summed E-state index contributed by atoms with van der Waals surface area (Å²) in [5.41, 5.74) is 0.326. The molecule has 1 aromatic heterocycles. The first-order valence-corrected chi connectivity index (χ1v) is 6.34. The number of rotatable bonds is 4. The third-order valence-corrected chi connectivity index (χ3v) is 2.71. The maximum Gasteiger partial charge on any atom is 0.247 e. The lowest BCUT2D eigenvalue weighted by atomic mass is 10.3. The van der Waals surface area contributed by atoms with E-state index in [1.54, 1.807) is 0 Å². The van der Waals surface area contributed by atoms with E-state index in [4.69, 9.17) is 27.9 Å². The molecule has 21 heavy (non-hydrogen) atoms. The largest absolute Gasteiger partial charge is 0.434 e. The van der Waals surface area contributed by atoms with Gasteiger partial charge in [0.15, 0.2) is 11.6 Å². The van der Waals surface area contributed by atoms with Crippen LogP contribution in [0.3, 0.4) is 0 Å². The Morgan fingerprint density at radius 2 is 2.19 bits per heavy atom. The number of ether oxygens (including phenoxy) is 1. The Morgan fingerprint density at radius 3 is 2.90 bits per heavy atom. The van der Waals surface area contributed by atoms with Crippen LogP contribution in [0.5, 0.6) is 11.6 Å². The molecule has 108 valence electrons. The molecular weight excluding hydrogens is 320 g/mol. The number of nitrogens with zero attached hydrogens (tertiary/aromatic N) is 2. The molecule has 0 bridgehead atoms. The van der Waals surface area contributed by atoms with Crippen molar-refractivity contribution >= 4 is 34.8 Å². The van der Waals surface area contributed by atoms with E-state index in [0.29, 0.717) is 5.69 Å². The molecule has 0 spiro atoms. The van der Waals surface area contributed by atoms with Crippen molar-refractivity contribution in [2.75, 3.05) is 5.32 Å². The summed E-state index contributed by atoms with van der Waals surface area (Å²) >= 11 is 11.4. The van der Waals surface area contributed by atoms with E-state index in [9.17, 15) is 9.18 Å². The van der Waals surface area contributed by atoms with Gasteiger partial charge in [-0.05, 0) is 29.8 Å². The van der Waals surface area contributed by atoms with Crippen LogP contribution in [0.25, 0.3) is 0 Å². The standard InChI is InChI=1S/C13H8Cl2FN3O2/c1-2-11(20)18-7-3-4-9(16)10(5-7)21-12-8(14)6-17-13(15)19-12/h2-6H,1H2,(H,18,20). The third kappa shape index (κ3) is 3.90. The van der Waals surface area contributed by atoms with E-state index in [2.05, 4.69) is 21.9 Å². The minimum atomic E-state index is -0.655. The summed E-state index contributed by atoms with van der Waals surface area (Å²) in [6, 6.07) is 3.78. The maximum atomic E-state index is 13.7. The molecule has 0 aliphatic heterocycles. The van der Waals surface area contributed by atoms with Gasteiger partial charge in [-0.3, -0.25) is 4.79 Å². The van der Waals surface area contributed by atoms with Crippen molar-refractivity contribution < 1.29 is 13.9 Å². The van der Waals surface area contributed by atoms with E-state index >= 15 is 0 Å². The topological polar surface area (TPSA) is 64.1 Å². The fraction of sp³-hybridized carbons (Fsp3) is 0. The Balaban J connectivity index is 2.30. The number of amides is 1. The van der Waals surface area contributed by atoms with Gasteiger partial charge in [-0.15, -0.1) is 0 Å². The molecule has 1 amide bonds. The van der Waals surface area contributed by atoms with Crippen molar-refractivity contribution in [3.63, 3.8) is 0 Å². The first-order valence-electron chi connectivity index (χ1n) is 5.58. The first kappa shape index (κ1) is 15.2. The number of nitrogens with one attached hydrogen (secondary N) is 1. The van der Waals surface area contributed by atoms with E-state index in [-0.39, 0.29) is 21.9 Å². The van der Waals surface area contributed by atoms with Gasteiger partial charge in [0, 0.05) is 11.8 Å². The summed E-state index contributed by atoms with van der Waals surface area (Å²) in [6.45, 7) is 3.32. The molecule has 8 heteroatoms. The lowest BCUT2D eigenvalue weighted by Crippen LogP contribution is -2.07. The summed E-state index contributed by atoms with van der Waals surface area (Å²) in [7, 11) is 0. The quantitative estimate of drug-likeness (QED) is 0.684. The number of halogens is 3. The molecular formula is C13H8Cl2FN3O2. The van der Waals surface area contributed by atoms with Crippen molar-refractivity contribution in [2.45, 2.75) is 0 Å². The highest BCUT2D eigenvalue weighted by atomic mass is 35.5. The van der Waals surface area contributed by atoms with Crippen molar-refractivity contribution in [3.05, 3.63) is 53.2 Å². The van der Waals surface area contributed by atoms with Crippen LogP contribution in [0, 0.1) is 5.82 Å². The molecule has 0 saturated carbocycles. The third-order valence-electron chi connectivity index (χ3n) is 2.27. The molecule has 1 N–H and O–H groups in total. The van der Waals surface area contributed by atoms with Crippen LogP contribution >= 0.6 is 23.2 Å². The minimum Gasteiger partial charge on any atom is -0.434 e. The Kier molecular flexibility index (Phi) is 4.72. The zero-order valence-electron chi connectivity index (χ0n) is 10.4. The van der Waals surface area contributed by atoms with Crippen LogP contribution in [0.2, 0.25) is 10.3 Å². The lowest BCUT2D eigenvalue weighted by molar-refractivity contribution is -0.111. The highest BCUT2D eigenvalue weighted by Crippen LogP contribution is 2.30. The van der Waals surface area contributed by atoms with E-state index in [0.717, 1.165) is 12.1 Å². The Hall–Kier alpha value is -2.18. The number of carbonyl (C=O) groups is 1. The second-order valence-electron chi connectivity index (χ2n) is 3.73. The van der Waals surface area contributed by atoms with Gasteiger partial charge in [0.2, 0.25) is 17.1 Å². The monoisotopic (exact) mass is 327 g/mol. The molecule has 0 unspecified atom stereocenters. The normalized spacial score (nSPS) is 10.0. The van der Waals surface area contributed by atoms with Crippen molar-refractivity contribution in [1.82, 2.24) is 9.97 Å². The predicted octanol–water partition coefficient (Wildman–Crippen LogP) is 3.84. The molecule has 1 heterocycles. The van der Waals surface area contributed by atoms with Gasteiger partial charge in [0.05, 0.1) is 6.20 Å². The van der Waals surface area contributed by atoms with Crippen LogP contribution in [0.15, 0.2) is 37.1 Å². The number of carbonyl (C=O) groups excluding carboxylic acids is 1. The zero-order chi connectivity index (χ0) is 15.4. The van der Waals surface area contributed by atoms with Crippen LogP contribution < -0.4 is 10.1 Å². The lowest BCUT2D eigenvalue weighted by Gasteiger charge is -2.09. The van der Waals surface area contributed by atoms with Gasteiger partial charge in [0.25, 0.3) is 0 Å². The number of hydrogen-bond donors (Lipinski definition) is 1. The molecule has 2 rings (SSSR count). The van der Waals surface area contributed by atoms with Crippen molar-refractivity contribution in [3.8, 4) is 11.6 Å². The minimum absolute atomic E-state index is 0.0688. The van der Waals surface area contributed by atoms with Gasteiger partial charge in [-0.25, -0.2) is 9.37 Å². The number of benzene rings is 1. The smallest absolute Gasteiger partial charge is 0.247 e. The molecule has 0 aliphatic rings. The van der Waals surface area contributed by atoms with E-state index < -0.39 is 11.7 Å². The molecule has 0 radical (unpaired) electrons. The second-order valence-corrected chi connectivity index (χ2v) is 4.48. The van der Waals surface area contributed by atoms with Gasteiger partial charge >= 0.3 is 0 Å². The van der Waals surface area contributed by atoms with Crippen LogP contribution in [-0.4, -0.2) is 15.9 Å². The average molecular weight is 328 g/mol. The van der Waals surface area contributed by atoms with Crippen LogP contribution in [0.1, 0.15) is 0 Å². The summed E-state index contributed by atoms with van der Waals surface area (Å²) in [6.07, 6.45) is 2.32. The summed E-state index contributed by atoms with van der Waals surface area (Å²) in [5.74, 6) is -1.36. The Labute approximate surface area is 129 Å². The van der Waals surface area contributed by atoms with Crippen molar-refractivity contribution in [1.29, 1.82) is 0 Å². The zero-order valence-corrected chi connectivity index (χ0v) is 12.0. The number of hydrogen-bond acceptors (Lipinski definition) is 4.